The van der Waals surface area contributed by atoms with Crippen LogP contribution in [0.15, 0.2) is 58.1 Å². The van der Waals surface area contributed by atoms with Gasteiger partial charge in [-0.1, -0.05) is 18.6 Å². The molecule has 1 aromatic heterocycles. The fraction of sp³-hybridized carbons (Fsp3) is 0.400. The highest BCUT2D eigenvalue weighted by Gasteiger charge is 2.21. The lowest BCUT2D eigenvalue weighted by atomic mass is 10.1. The summed E-state index contributed by atoms with van der Waals surface area (Å²) >= 11 is 0. The number of anilines is 1. The lowest BCUT2D eigenvalue weighted by molar-refractivity contribution is -0.131. The van der Waals surface area contributed by atoms with Crippen molar-refractivity contribution in [1.82, 2.24) is 14.5 Å². The number of amides is 1. The third-order valence-corrected chi connectivity index (χ3v) is 6.23. The molecule has 0 saturated carbocycles. The van der Waals surface area contributed by atoms with Crippen molar-refractivity contribution in [2.45, 2.75) is 32.2 Å². The first kappa shape index (κ1) is 22.6. The molecule has 2 aromatic carbocycles. The van der Waals surface area contributed by atoms with Gasteiger partial charge in [-0.25, -0.2) is 4.79 Å². The van der Waals surface area contributed by atoms with Gasteiger partial charge >= 0.3 is 5.69 Å². The molecule has 1 aliphatic rings. The van der Waals surface area contributed by atoms with E-state index in [1.807, 2.05) is 29.2 Å². The van der Waals surface area contributed by atoms with E-state index in [1.165, 1.54) is 4.57 Å². The first-order valence-corrected chi connectivity index (χ1v) is 11.5. The van der Waals surface area contributed by atoms with Gasteiger partial charge in [0.2, 0.25) is 5.91 Å². The number of H-pyrrole nitrogens is 1. The Kier molecular flexibility index (Phi) is 7.12. The molecule has 0 atom stereocenters. The average molecular weight is 451 g/mol. The zero-order valence-electron chi connectivity index (χ0n) is 19.0. The number of carbonyl (C=O) groups is 1. The number of methoxy groups -OCH3 is 1. The van der Waals surface area contributed by atoms with Gasteiger partial charge in [0, 0.05) is 44.8 Å². The Morgan fingerprint density at radius 2 is 1.67 bits per heavy atom. The number of nitrogens with one attached hydrogen (secondary N) is 1. The topological polar surface area (TPSA) is 87.6 Å². The number of unbranched alkanes of at least 4 members (excludes halogenated alkanes) is 2. The van der Waals surface area contributed by atoms with E-state index in [0.29, 0.717) is 43.4 Å². The Labute approximate surface area is 192 Å². The maximum Gasteiger partial charge on any atom is 0.328 e. The first-order valence-electron chi connectivity index (χ1n) is 11.5. The molecular weight excluding hydrogens is 420 g/mol. The highest BCUT2D eigenvalue weighted by Crippen LogP contribution is 2.20. The van der Waals surface area contributed by atoms with E-state index in [9.17, 15) is 14.4 Å². The third kappa shape index (κ3) is 5.27. The minimum Gasteiger partial charge on any atom is -0.497 e. The molecule has 0 unspecified atom stereocenters. The van der Waals surface area contributed by atoms with Crippen molar-refractivity contribution >= 4 is 22.5 Å². The monoisotopic (exact) mass is 450 g/mol. The summed E-state index contributed by atoms with van der Waals surface area (Å²) in [6.07, 6.45) is 2.71. The second-order valence-corrected chi connectivity index (χ2v) is 8.31. The van der Waals surface area contributed by atoms with E-state index in [-0.39, 0.29) is 17.2 Å². The zero-order valence-corrected chi connectivity index (χ0v) is 19.0. The number of fused-ring (bicyclic) bond motifs is 1. The summed E-state index contributed by atoms with van der Waals surface area (Å²) in [7, 11) is 1.66. The standard InChI is InChI=1S/C25H30N4O4/c1-33-20-12-10-19(11-13-20)27-15-17-28(18-16-27)23(30)9-3-2-6-14-29-24(31)21-7-4-5-8-22(21)26-25(29)32/h4-5,7-8,10-13H,2-3,6,9,14-18H2,1H3,(H,26,32). The highest BCUT2D eigenvalue weighted by atomic mass is 16.5. The fourth-order valence-electron chi connectivity index (χ4n) is 4.29. The molecule has 1 amide bonds. The average Bonchev–Trinajstić information content (AvgIpc) is 2.85. The van der Waals surface area contributed by atoms with Crippen molar-refractivity contribution in [2.75, 3.05) is 38.2 Å². The fourth-order valence-corrected chi connectivity index (χ4v) is 4.29. The summed E-state index contributed by atoms with van der Waals surface area (Å²) < 4.78 is 6.46. The predicted octanol–water partition coefficient (Wildman–Crippen LogP) is 2.61. The van der Waals surface area contributed by atoms with Gasteiger partial charge in [0.25, 0.3) is 5.56 Å². The summed E-state index contributed by atoms with van der Waals surface area (Å²) in [4.78, 5) is 44.4. The van der Waals surface area contributed by atoms with Crippen LogP contribution >= 0.6 is 0 Å². The van der Waals surface area contributed by atoms with Gasteiger partial charge in [-0.2, -0.15) is 0 Å². The van der Waals surface area contributed by atoms with Gasteiger partial charge in [0.15, 0.2) is 0 Å². The lowest BCUT2D eigenvalue weighted by Crippen LogP contribution is -2.48. The van der Waals surface area contributed by atoms with Crippen LogP contribution in [0.25, 0.3) is 10.9 Å². The van der Waals surface area contributed by atoms with Crippen LogP contribution < -0.4 is 20.9 Å². The van der Waals surface area contributed by atoms with Crippen molar-refractivity contribution in [2.24, 2.45) is 0 Å². The van der Waals surface area contributed by atoms with Crippen molar-refractivity contribution in [3.05, 3.63) is 69.4 Å². The molecule has 0 spiro atoms. The molecular formula is C25H30N4O4. The van der Waals surface area contributed by atoms with Crippen LogP contribution in [0.1, 0.15) is 25.7 Å². The smallest absolute Gasteiger partial charge is 0.328 e. The Morgan fingerprint density at radius 3 is 2.39 bits per heavy atom. The van der Waals surface area contributed by atoms with Gasteiger partial charge in [-0.3, -0.25) is 14.2 Å². The molecule has 1 aliphatic heterocycles. The van der Waals surface area contributed by atoms with E-state index in [4.69, 9.17) is 4.74 Å². The van der Waals surface area contributed by atoms with E-state index in [2.05, 4.69) is 9.88 Å². The molecule has 2 heterocycles. The Morgan fingerprint density at radius 1 is 0.939 bits per heavy atom. The molecule has 174 valence electrons. The largest absolute Gasteiger partial charge is 0.497 e. The molecule has 1 fully saturated rings. The van der Waals surface area contributed by atoms with E-state index in [1.54, 1.807) is 31.4 Å². The van der Waals surface area contributed by atoms with E-state index < -0.39 is 0 Å². The summed E-state index contributed by atoms with van der Waals surface area (Å²) in [6.45, 7) is 3.41. The van der Waals surface area contributed by atoms with Crippen LogP contribution in [0, 0.1) is 0 Å². The number of aromatic amines is 1. The van der Waals surface area contributed by atoms with E-state index in [0.717, 1.165) is 37.4 Å². The number of ether oxygens (including phenoxy) is 1. The number of benzene rings is 2. The molecule has 8 heteroatoms. The van der Waals surface area contributed by atoms with Crippen LogP contribution in [0.2, 0.25) is 0 Å². The molecule has 4 rings (SSSR count). The summed E-state index contributed by atoms with van der Waals surface area (Å²) in [5.41, 5.74) is 1.05. The summed E-state index contributed by atoms with van der Waals surface area (Å²) in [6, 6.07) is 15.0. The molecule has 0 bridgehead atoms. The van der Waals surface area contributed by atoms with Crippen molar-refractivity contribution in [1.29, 1.82) is 0 Å². The number of rotatable bonds is 8. The second-order valence-electron chi connectivity index (χ2n) is 8.31. The highest BCUT2D eigenvalue weighted by molar-refractivity contribution is 5.77. The molecule has 0 radical (unpaired) electrons. The predicted molar refractivity (Wildman–Crippen MR) is 129 cm³/mol. The molecule has 3 aromatic rings. The number of piperazine rings is 1. The maximum absolute atomic E-state index is 12.6. The third-order valence-electron chi connectivity index (χ3n) is 6.23. The summed E-state index contributed by atoms with van der Waals surface area (Å²) in [5, 5.41) is 0.515. The van der Waals surface area contributed by atoms with Crippen LogP contribution in [0.5, 0.6) is 5.75 Å². The molecule has 0 aliphatic carbocycles. The van der Waals surface area contributed by atoms with Crippen molar-refractivity contribution in [3.8, 4) is 5.75 Å². The van der Waals surface area contributed by atoms with Crippen molar-refractivity contribution < 1.29 is 9.53 Å². The zero-order chi connectivity index (χ0) is 23.2. The van der Waals surface area contributed by atoms with Gasteiger partial charge < -0.3 is 19.5 Å². The van der Waals surface area contributed by atoms with Crippen LogP contribution in [0.4, 0.5) is 5.69 Å². The minimum atomic E-state index is -0.385. The van der Waals surface area contributed by atoms with Crippen LogP contribution in [0.3, 0.4) is 0 Å². The van der Waals surface area contributed by atoms with Gasteiger partial charge in [-0.05, 0) is 49.2 Å². The van der Waals surface area contributed by atoms with Gasteiger partial charge in [-0.15, -0.1) is 0 Å². The van der Waals surface area contributed by atoms with Crippen LogP contribution in [-0.2, 0) is 11.3 Å². The summed E-state index contributed by atoms with van der Waals surface area (Å²) in [5.74, 6) is 1.01. The Bertz CT molecular complexity index is 1210. The molecule has 8 nitrogen and oxygen atoms in total. The number of nitrogens with zero attached hydrogens (tertiary/aromatic N) is 3. The SMILES string of the molecule is COc1ccc(N2CCN(C(=O)CCCCCn3c(=O)[nH]c4ccccc4c3=O)CC2)cc1. The van der Waals surface area contributed by atoms with Gasteiger partial charge in [0.1, 0.15) is 5.75 Å². The first-order chi connectivity index (χ1) is 16.1. The van der Waals surface area contributed by atoms with Crippen molar-refractivity contribution in [3.63, 3.8) is 0 Å². The van der Waals surface area contributed by atoms with E-state index >= 15 is 0 Å². The number of hydrogen-bond donors (Lipinski definition) is 1. The number of aromatic nitrogens is 2. The second kappa shape index (κ2) is 10.4. The Balaban J connectivity index is 1.20. The Hall–Kier alpha value is -3.55. The van der Waals surface area contributed by atoms with Crippen LogP contribution in [-0.4, -0.2) is 53.6 Å². The number of para-hydroxylation sites is 1. The van der Waals surface area contributed by atoms with Gasteiger partial charge in [0.05, 0.1) is 18.0 Å². The lowest BCUT2D eigenvalue weighted by Gasteiger charge is -2.36. The minimum absolute atomic E-state index is 0.171. The molecule has 1 N–H and O–H groups in total. The maximum atomic E-state index is 12.6. The number of hydrogen-bond acceptors (Lipinski definition) is 5. The molecule has 33 heavy (non-hydrogen) atoms. The number of carbonyl (C=O) groups excluding carboxylic acids is 1. The quantitative estimate of drug-likeness (QED) is 0.533. The molecule has 1 saturated heterocycles. The normalized spacial score (nSPS) is 14.0.